The molecular weight excluding hydrogens is 232 g/mol. The van der Waals surface area contributed by atoms with Gasteiger partial charge >= 0.3 is 0 Å². The average molecular weight is 246 g/mol. The maximum Gasteiger partial charge on any atom is 0.260 e. The number of nitrogens with one attached hydrogen (secondary N) is 1. The Kier molecular flexibility index (Phi) is 7.75. The van der Waals surface area contributed by atoms with E-state index in [4.69, 9.17) is 0 Å². The zero-order valence-electron chi connectivity index (χ0n) is 8.89. The van der Waals surface area contributed by atoms with Gasteiger partial charge in [-0.15, -0.1) is 11.8 Å². The summed E-state index contributed by atoms with van der Waals surface area (Å²) >= 11 is 2.91. The van der Waals surface area contributed by atoms with Crippen molar-refractivity contribution < 1.29 is 4.79 Å². The molecule has 0 fully saturated rings. The predicted octanol–water partition coefficient (Wildman–Crippen LogP) is 1.06. The minimum absolute atomic E-state index is 0.0562. The van der Waals surface area contributed by atoms with Gasteiger partial charge in [0.15, 0.2) is 0 Å². The number of carbonyl (C=O) groups excluding carboxylic acids is 1. The fraction of sp³-hybridized carbons (Fsp3) is 0.333. The quantitative estimate of drug-likeness (QED) is 0.794. The van der Waals surface area contributed by atoms with Crippen LogP contribution in [-0.2, 0) is 11.8 Å². The van der Waals surface area contributed by atoms with E-state index in [1.54, 1.807) is 34.9 Å². The lowest BCUT2D eigenvalue weighted by molar-refractivity contribution is -0.116. The van der Waals surface area contributed by atoms with Gasteiger partial charge in [-0.1, -0.05) is 11.5 Å². The molecule has 0 aliphatic rings. The molecular formula is C9H14N2O2S2. The normalized spacial score (nSPS) is 9.53. The Morgan fingerprint density at radius 1 is 1.67 bits per heavy atom. The van der Waals surface area contributed by atoms with Crippen molar-refractivity contribution >= 4 is 29.2 Å². The molecule has 15 heavy (non-hydrogen) atoms. The molecule has 0 aliphatic carbocycles. The number of carbonyl (C=O) groups is 1. The number of rotatable bonds is 2. The van der Waals surface area contributed by atoms with Gasteiger partial charge in [-0.3, -0.25) is 13.5 Å². The molecule has 4 nitrogen and oxygen atoms in total. The number of likely N-dealkylation sites (N-methyl/N-ethyl adjacent to an activating group) is 1. The first-order valence-electron chi connectivity index (χ1n) is 4.14. The number of nitrogens with zero attached hydrogens (tertiary/aromatic N) is 1. The summed E-state index contributed by atoms with van der Waals surface area (Å²) in [7, 11) is 3.35. The molecule has 0 spiro atoms. The monoisotopic (exact) mass is 246 g/mol. The minimum Gasteiger partial charge on any atom is -0.356 e. The molecule has 0 bridgehead atoms. The molecule has 1 aromatic heterocycles. The molecule has 0 aliphatic heterocycles. The first-order valence-corrected chi connectivity index (χ1v) is 6.26. The number of thioether (sulfide) groups is 1. The molecule has 84 valence electrons. The van der Waals surface area contributed by atoms with Crippen molar-refractivity contribution in [1.29, 1.82) is 0 Å². The van der Waals surface area contributed by atoms with Gasteiger partial charge in [0.2, 0.25) is 5.91 Å². The Hall–Kier alpha value is -1.01. The van der Waals surface area contributed by atoms with E-state index in [1.807, 2.05) is 6.26 Å². The van der Waals surface area contributed by atoms with E-state index in [2.05, 4.69) is 5.32 Å². The summed E-state index contributed by atoms with van der Waals surface area (Å²) in [6, 6.07) is 1.55. The average Bonchev–Trinajstić information content (AvgIpc) is 2.61. The predicted molar refractivity (Wildman–Crippen MR) is 66.3 cm³/mol. The highest BCUT2D eigenvalue weighted by Gasteiger charge is 1.83. The van der Waals surface area contributed by atoms with Crippen LogP contribution in [0.3, 0.4) is 0 Å². The lowest BCUT2D eigenvalue weighted by atomic mass is 10.6. The van der Waals surface area contributed by atoms with Crippen LogP contribution in [0.2, 0.25) is 0 Å². The molecule has 1 aromatic rings. The Labute approximate surface area is 97.1 Å². The van der Waals surface area contributed by atoms with Crippen LogP contribution < -0.4 is 10.9 Å². The van der Waals surface area contributed by atoms with Crippen molar-refractivity contribution in [2.24, 2.45) is 7.05 Å². The van der Waals surface area contributed by atoms with Gasteiger partial charge in [0.1, 0.15) is 0 Å². The molecule has 1 N–H and O–H groups in total. The van der Waals surface area contributed by atoms with Crippen molar-refractivity contribution in [2.75, 3.05) is 13.3 Å². The van der Waals surface area contributed by atoms with Gasteiger partial charge in [0.25, 0.3) is 5.56 Å². The minimum atomic E-state index is -0.0562. The summed E-state index contributed by atoms with van der Waals surface area (Å²) in [6.45, 7) is 0. The maximum atomic E-state index is 10.4. The van der Waals surface area contributed by atoms with Crippen LogP contribution in [0.25, 0.3) is 0 Å². The molecule has 1 heterocycles. The van der Waals surface area contributed by atoms with E-state index >= 15 is 0 Å². The second-order valence-corrected chi connectivity index (χ2v) is 4.17. The van der Waals surface area contributed by atoms with E-state index in [0.29, 0.717) is 0 Å². The zero-order chi connectivity index (χ0) is 11.7. The zero-order valence-corrected chi connectivity index (χ0v) is 10.5. The SMILES string of the molecule is CNC(=O)/C=C\SC.Cn1sccc1=O. The molecule has 1 amide bonds. The van der Waals surface area contributed by atoms with Crippen LogP contribution in [0.15, 0.2) is 27.7 Å². The van der Waals surface area contributed by atoms with Gasteiger partial charge in [-0.25, -0.2) is 0 Å². The van der Waals surface area contributed by atoms with Gasteiger partial charge in [0.05, 0.1) is 0 Å². The highest BCUT2D eigenvalue weighted by atomic mass is 32.2. The second-order valence-electron chi connectivity index (χ2n) is 2.40. The summed E-state index contributed by atoms with van der Waals surface area (Å²) in [6.07, 6.45) is 3.39. The maximum absolute atomic E-state index is 10.4. The second kappa shape index (κ2) is 8.31. The number of hydrogen-bond donors (Lipinski definition) is 1. The van der Waals surface area contributed by atoms with Gasteiger partial charge in [-0.2, -0.15) is 0 Å². The van der Waals surface area contributed by atoms with Crippen molar-refractivity contribution in [3.05, 3.63) is 33.3 Å². The molecule has 0 unspecified atom stereocenters. The van der Waals surface area contributed by atoms with Crippen LogP contribution in [-0.4, -0.2) is 23.2 Å². The van der Waals surface area contributed by atoms with Crippen LogP contribution in [0.1, 0.15) is 0 Å². The Morgan fingerprint density at radius 2 is 2.33 bits per heavy atom. The fourth-order valence-corrected chi connectivity index (χ4v) is 1.33. The standard InChI is InChI=1S/C5H9NOS.C4H5NOS/c1-6-5(7)3-4-8-2;1-5-4(6)2-3-7-5/h3-4H,1-2H3,(H,6,7);2-3H,1H3/b4-3-;. The third-order valence-electron chi connectivity index (χ3n) is 1.34. The molecule has 0 saturated carbocycles. The Morgan fingerprint density at radius 3 is 2.60 bits per heavy atom. The molecule has 0 radical (unpaired) electrons. The highest BCUT2D eigenvalue weighted by Crippen LogP contribution is 1.91. The van der Waals surface area contributed by atoms with Crippen molar-refractivity contribution in [3.63, 3.8) is 0 Å². The third kappa shape index (κ3) is 6.98. The van der Waals surface area contributed by atoms with Crippen LogP contribution >= 0.6 is 23.3 Å². The first-order chi connectivity index (χ1) is 7.11. The fourth-order valence-electron chi connectivity index (χ4n) is 0.550. The van der Waals surface area contributed by atoms with Crippen LogP contribution in [0.4, 0.5) is 0 Å². The van der Waals surface area contributed by atoms with Gasteiger partial charge < -0.3 is 5.32 Å². The van der Waals surface area contributed by atoms with E-state index in [0.717, 1.165) is 0 Å². The topological polar surface area (TPSA) is 51.1 Å². The smallest absolute Gasteiger partial charge is 0.260 e. The summed E-state index contributed by atoms with van der Waals surface area (Å²) in [5.74, 6) is -0.0562. The number of aromatic nitrogens is 1. The summed E-state index contributed by atoms with van der Waals surface area (Å²) in [4.78, 5) is 20.8. The number of aryl methyl sites for hydroxylation is 1. The number of hydrogen-bond acceptors (Lipinski definition) is 4. The summed E-state index contributed by atoms with van der Waals surface area (Å²) in [5, 5.41) is 5.96. The molecule has 6 heteroatoms. The number of amides is 1. The van der Waals surface area contributed by atoms with E-state index in [1.165, 1.54) is 29.4 Å². The van der Waals surface area contributed by atoms with E-state index < -0.39 is 0 Å². The highest BCUT2D eigenvalue weighted by molar-refractivity contribution is 8.01. The molecule has 0 atom stereocenters. The summed E-state index contributed by atoms with van der Waals surface area (Å²) < 4.78 is 1.57. The van der Waals surface area contributed by atoms with Crippen molar-refractivity contribution in [1.82, 2.24) is 9.27 Å². The molecule has 0 saturated heterocycles. The Balaban J connectivity index is 0.000000262. The van der Waals surface area contributed by atoms with Crippen molar-refractivity contribution in [3.8, 4) is 0 Å². The van der Waals surface area contributed by atoms with Crippen LogP contribution in [0, 0.1) is 0 Å². The van der Waals surface area contributed by atoms with E-state index in [-0.39, 0.29) is 11.5 Å². The lowest BCUT2D eigenvalue weighted by Gasteiger charge is -1.85. The largest absolute Gasteiger partial charge is 0.356 e. The van der Waals surface area contributed by atoms with E-state index in [9.17, 15) is 9.59 Å². The van der Waals surface area contributed by atoms with Crippen molar-refractivity contribution in [2.45, 2.75) is 0 Å². The first kappa shape index (κ1) is 14.0. The lowest BCUT2D eigenvalue weighted by Crippen LogP contribution is -2.13. The molecule has 1 rings (SSSR count). The van der Waals surface area contributed by atoms with Crippen LogP contribution in [0.5, 0.6) is 0 Å². The van der Waals surface area contributed by atoms with Gasteiger partial charge in [-0.05, 0) is 11.7 Å². The van der Waals surface area contributed by atoms with Gasteiger partial charge in [0, 0.05) is 31.6 Å². The third-order valence-corrected chi connectivity index (χ3v) is 2.50. The molecule has 0 aromatic carbocycles. The summed E-state index contributed by atoms with van der Waals surface area (Å²) in [5.41, 5.74) is 0.0741. The Bertz CT molecular complexity index is 368.